The first-order valence-corrected chi connectivity index (χ1v) is 7.37. The van der Waals surface area contributed by atoms with Crippen LogP contribution in [0.4, 0.5) is 0 Å². The lowest BCUT2D eigenvalue weighted by atomic mass is 9.85. The van der Waals surface area contributed by atoms with Gasteiger partial charge in [0.1, 0.15) is 0 Å². The summed E-state index contributed by atoms with van der Waals surface area (Å²) in [6.07, 6.45) is 5.82. The van der Waals surface area contributed by atoms with Crippen molar-refractivity contribution in [2.75, 3.05) is 19.6 Å². The van der Waals surface area contributed by atoms with Crippen molar-refractivity contribution < 1.29 is 0 Å². The van der Waals surface area contributed by atoms with E-state index in [4.69, 9.17) is 5.73 Å². The van der Waals surface area contributed by atoms with Gasteiger partial charge in [0.2, 0.25) is 0 Å². The zero-order valence-electron chi connectivity index (χ0n) is 12.8. The normalized spacial score (nSPS) is 22.2. The van der Waals surface area contributed by atoms with E-state index in [-0.39, 0.29) is 0 Å². The molecule has 0 spiro atoms. The summed E-state index contributed by atoms with van der Waals surface area (Å²) in [5, 5.41) is 4.37. The molecule has 1 saturated heterocycles. The molecule has 2 heterocycles. The minimum Gasteiger partial charge on any atom is -0.329 e. The molecule has 0 amide bonds. The number of aryl methyl sites for hydroxylation is 1. The van der Waals surface area contributed by atoms with Crippen LogP contribution in [0.25, 0.3) is 0 Å². The van der Waals surface area contributed by atoms with E-state index in [1.807, 2.05) is 17.9 Å². The molecule has 0 aliphatic carbocycles. The van der Waals surface area contributed by atoms with Crippen molar-refractivity contribution in [2.24, 2.45) is 18.2 Å². The maximum absolute atomic E-state index is 6.05. The van der Waals surface area contributed by atoms with Gasteiger partial charge in [0.05, 0.1) is 12.2 Å². The molecule has 1 fully saturated rings. The van der Waals surface area contributed by atoms with Crippen LogP contribution in [-0.2, 0) is 7.05 Å². The maximum atomic E-state index is 6.05. The van der Waals surface area contributed by atoms with E-state index in [0.29, 0.717) is 18.0 Å². The lowest BCUT2D eigenvalue weighted by Crippen LogP contribution is -2.35. The van der Waals surface area contributed by atoms with Crippen LogP contribution in [0.5, 0.6) is 0 Å². The van der Waals surface area contributed by atoms with Gasteiger partial charge in [0, 0.05) is 24.8 Å². The Morgan fingerprint density at radius 3 is 2.68 bits per heavy atom. The Hall–Kier alpha value is -0.870. The molecule has 108 valence electrons. The largest absolute Gasteiger partial charge is 0.329 e. The Bertz CT molecular complexity index is 422. The highest BCUT2D eigenvalue weighted by molar-refractivity contribution is 5.21. The van der Waals surface area contributed by atoms with Gasteiger partial charge in [-0.15, -0.1) is 0 Å². The molecule has 1 aliphatic heterocycles. The molecule has 2 rings (SSSR count). The topological polar surface area (TPSA) is 47.1 Å². The number of hydrogen-bond donors (Lipinski definition) is 1. The molecule has 0 aromatic carbocycles. The highest BCUT2D eigenvalue weighted by Crippen LogP contribution is 2.33. The molecular formula is C15H28N4. The summed E-state index contributed by atoms with van der Waals surface area (Å²) in [5.41, 5.74) is 9.05. The number of nitrogens with two attached hydrogens (primary N) is 1. The quantitative estimate of drug-likeness (QED) is 0.911. The lowest BCUT2D eigenvalue weighted by Gasteiger charge is -2.30. The Morgan fingerprint density at radius 2 is 2.11 bits per heavy atom. The molecule has 19 heavy (non-hydrogen) atoms. The second kappa shape index (κ2) is 5.63. The fourth-order valence-corrected chi connectivity index (χ4v) is 3.07. The van der Waals surface area contributed by atoms with Crippen LogP contribution in [0.2, 0.25) is 0 Å². The first-order valence-electron chi connectivity index (χ1n) is 7.37. The van der Waals surface area contributed by atoms with Crippen LogP contribution in [-0.4, -0.2) is 34.3 Å². The van der Waals surface area contributed by atoms with Crippen LogP contribution in [0.15, 0.2) is 6.20 Å². The maximum Gasteiger partial charge on any atom is 0.0540 e. The average molecular weight is 264 g/mol. The minimum absolute atomic E-state index is 0.322. The molecule has 1 unspecified atom stereocenters. The van der Waals surface area contributed by atoms with Gasteiger partial charge in [-0.1, -0.05) is 13.8 Å². The summed E-state index contributed by atoms with van der Waals surface area (Å²) in [4.78, 5) is 2.55. The van der Waals surface area contributed by atoms with Crippen LogP contribution in [0, 0.1) is 12.3 Å². The lowest BCUT2D eigenvalue weighted by molar-refractivity contribution is 0.199. The molecule has 1 aliphatic rings. The first-order chi connectivity index (χ1) is 8.94. The van der Waals surface area contributed by atoms with Gasteiger partial charge < -0.3 is 5.73 Å². The van der Waals surface area contributed by atoms with Crippen molar-refractivity contribution in [2.45, 2.75) is 46.1 Å². The predicted octanol–water partition coefficient (Wildman–Crippen LogP) is 2.24. The van der Waals surface area contributed by atoms with Crippen molar-refractivity contribution >= 4 is 0 Å². The van der Waals surface area contributed by atoms with E-state index in [1.54, 1.807) is 0 Å². The number of hydrogen-bond acceptors (Lipinski definition) is 3. The van der Waals surface area contributed by atoms with Gasteiger partial charge in [-0.05, 0) is 44.7 Å². The van der Waals surface area contributed by atoms with E-state index in [2.05, 4.69) is 30.8 Å². The van der Waals surface area contributed by atoms with Crippen molar-refractivity contribution in [3.05, 3.63) is 17.5 Å². The van der Waals surface area contributed by atoms with Crippen LogP contribution in [0.3, 0.4) is 0 Å². The van der Waals surface area contributed by atoms with Crippen LogP contribution >= 0.6 is 0 Å². The summed E-state index contributed by atoms with van der Waals surface area (Å²) >= 11 is 0. The van der Waals surface area contributed by atoms with Gasteiger partial charge in [-0.3, -0.25) is 9.58 Å². The molecule has 1 aromatic heterocycles. The molecule has 2 N–H and O–H groups in total. The third-order valence-electron chi connectivity index (χ3n) is 4.67. The molecular weight excluding hydrogens is 236 g/mol. The van der Waals surface area contributed by atoms with E-state index in [1.165, 1.54) is 30.5 Å². The number of likely N-dealkylation sites (tertiary alicyclic amines) is 1. The monoisotopic (exact) mass is 264 g/mol. The van der Waals surface area contributed by atoms with E-state index in [9.17, 15) is 0 Å². The Labute approximate surface area is 117 Å². The SMILES string of the molecule is Cc1c(C(CN)N2CCCC(C)(C)CC2)cnn1C. The number of aromatic nitrogens is 2. The second-order valence-electron chi connectivity index (χ2n) is 6.61. The van der Waals surface area contributed by atoms with Crippen molar-refractivity contribution in [3.63, 3.8) is 0 Å². The third kappa shape index (κ3) is 3.18. The second-order valence-corrected chi connectivity index (χ2v) is 6.61. The molecule has 0 bridgehead atoms. The molecule has 1 aromatic rings. The fourth-order valence-electron chi connectivity index (χ4n) is 3.07. The standard InChI is InChI=1S/C15H28N4/c1-12-13(11-17-18(12)4)14(10-16)19-8-5-6-15(2,3)7-9-19/h11,14H,5-10,16H2,1-4H3. The molecule has 1 atom stereocenters. The Morgan fingerprint density at radius 1 is 1.37 bits per heavy atom. The Balaban J connectivity index is 2.16. The van der Waals surface area contributed by atoms with Gasteiger partial charge in [0.15, 0.2) is 0 Å². The van der Waals surface area contributed by atoms with Crippen molar-refractivity contribution in [1.29, 1.82) is 0 Å². The molecule has 0 saturated carbocycles. The van der Waals surface area contributed by atoms with Gasteiger partial charge >= 0.3 is 0 Å². The van der Waals surface area contributed by atoms with Crippen LogP contribution < -0.4 is 5.73 Å². The summed E-state index contributed by atoms with van der Waals surface area (Å²) in [6.45, 7) is 9.86. The molecule has 4 heteroatoms. The first kappa shape index (κ1) is 14.5. The van der Waals surface area contributed by atoms with Gasteiger partial charge in [0.25, 0.3) is 0 Å². The van der Waals surface area contributed by atoms with Crippen molar-refractivity contribution in [1.82, 2.24) is 14.7 Å². The average Bonchev–Trinajstić information content (AvgIpc) is 2.58. The molecule has 4 nitrogen and oxygen atoms in total. The summed E-state index contributed by atoms with van der Waals surface area (Å²) < 4.78 is 1.94. The zero-order valence-corrected chi connectivity index (χ0v) is 12.8. The van der Waals surface area contributed by atoms with Gasteiger partial charge in [-0.2, -0.15) is 5.10 Å². The number of nitrogens with zero attached hydrogens (tertiary/aromatic N) is 3. The summed E-state index contributed by atoms with van der Waals surface area (Å²) in [5.74, 6) is 0. The van der Waals surface area contributed by atoms with Gasteiger partial charge in [-0.25, -0.2) is 0 Å². The highest BCUT2D eigenvalue weighted by atomic mass is 15.3. The van der Waals surface area contributed by atoms with E-state index >= 15 is 0 Å². The predicted molar refractivity (Wildman–Crippen MR) is 78.9 cm³/mol. The van der Waals surface area contributed by atoms with E-state index in [0.717, 1.165) is 13.1 Å². The minimum atomic E-state index is 0.322. The number of rotatable bonds is 3. The van der Waals surface area contributed by atoms with Crippen molar-refractivity contribution in [3.8, 4) is 0 Å². The highest BCUT2D eigenvalue weighted by Gasteiger charge is 2.28. The zero-order chi connectivity index (χ0) is 14.0. The fraction of sp³-hybridized carbons (Fsp3) is 0.800. The summed E-state index contributed by atoms with van der Waals surface area (Å²) in [6, 6.07) is 0.322. The van der Waals surface area contributed by atoms with Crippen LogP contribution in [0.1, 0.15) is 50.4 Å². The smallest absolute Gasteiger partial charge is 0.0540 e. The van der Waals surface area contributed by atoms with E-state index < -0.39 is 0 Å². The third-order valence-corrected chi connectivity index (χ3v) is 4.67. The Kier molecular flexibility index (Phi) is 4.31. The summed E-state index contributed by atoms with van der Waals surface area (Å²) in [7, 11) is 2.00. The molecule has 0 radical (unpaired) electrons.